The summed E-state index contributed by atoms with van der Waals surface area (Å²) in [5.41, 5.74) is 1.53. The van der Waals surface area contributed by atoms with Gasteiger partial charge in [0.05, 0.1) is 0 Å². The van der Waals surface area contributed by atoms with Crippen molar-refractivity contribution in [1.82, 2.24) is 5.32 Å². The molecule has 1 aromatic carbocycles. The third-order valence-corrected chi connectivity index (χ3v) is 4.75. The Bertz CT molecular complexity index is 433. The SMILES string of the molecule is CCCNC1CCC(C)(Cc2cc(Cl)ccc2Cl)C1. The maximum atomic E-state index is 6.28. The van der Waals surface area contributed by atoms with Crippen molar-refractivity contribution < 1.29 is 0 Å². The molecular formula is C16H23Cl2N. The molecule has 1 fully saturated rings. The van der Waals surface area contributed by atoms with Gasteiger partial charge in [0.15, 0.2) is 0 Å². The molecule has 106 valence electrons. The molecule has 2 rings (SSSR count). The molecule has 1 aliphatic rings. The molecule has 0 amide bonds. The van der Waals surface area contributed by atoms with E-state index in [4.69, 9.17) is 23.2 Å². The summed E-state index contributed by atoms with van der Waals surface area (Å²) in [6.45, 7) is 5.71. The van der Waals surface area contributed by atoms with Gasteiger partial charge in [-0.25, -0.2) is 0 Å². The molecule has 1 saturated carbocycles. The zero-order valence-electron chi connectivity index (χ0n) is 11.8. The monoisotopic (exact) mass is 299 g/mol. The van der Waals surface area contributed by atoms with Crippen molar-refractivity contribution in [2.75, 3.05) is 6.54 Å². The fourth-order valence-electron chi connectivity index (χ4n) is 3.14. The van der Waals surface area contributed by atoms with Gasteiger partial charge in [-0.1, -0.05) is 37.0 Å². The second-order valence-electron chi connectivity index (χ2n) is 6.12. The smallest absolute Gasteiger partial charge is 0.0439 e. The van der Waals surface area contributed by atoms with Crippen LogP contribution in [0.2, 0.25) is 10.0 Å². The first-order chi connectivity index (χ1) is 9.02. The fraction of sp³-hybridized carbons (Fsp3) is 0.625. The summed E-state index contributed by atoms with van der Waals surface area (Å²) in [7, 11) is 0. The van der Waals surface area contributed by atoms with E-state index in [9.17, 15) is 0 Å². The zero-order chi connectivity index (χ0) is 13.9. The van der Waals surface area contributed by atoms with Crippen LogP contribution in [0, 0.1) is 5.41 Å². The molecule has 0 radical (unpaired) electrons. The lowest BCUT2D eigenvalue weighted by atomic mass is 9.82. The van der Waals surface area contributed by atoms with E-state index < -0.39 is 0 Å². The van der Waals surface area contributed by atoms with E-state index >= 15 is 0 Å². The summed E-state index contributed by atoms with van der Waals surface area (Å²) >= 11 is 12.4. The quantitative estimate of drug-likeness (QED) is 0.798. The third-order valence-electron chi connectivity index (χ3n) is 4.14. The largest absolute Gasteiger partial charge is 0.314 e. The summed E-state index contributed by atoms with van der Waals surface area (Å²) in [4.78, 5) is 0. The first kappa shape index (κ1) is 15.2. The van der Waals surface area contributed by atoms with Crippen LogP contribution in [0.15, 0.2) is 18.2 Å². The van der Waals surface area contributed by atoms with E-state index in [-0.39, 0.29) is 0 Å². The van der Waals surface area contributed by atoms with E-state index in [1.807, 2.05) is 18.2 Å². The minimum absolute atomic E-state index is 0.347. The van der Waals surface area contributed by atoms with E-state index in [0.717, 1.165) is 23.0 Å². The van der Waals surface area contributed by atoms with Crippen LogP contribution in [-0.4, -0.2) is 12.6 Å². The van der Waals surface area contributed by atoms with E-state index in [1.165, 1.54) is 31.2 Å². The molecule has 0 aromatic heterocycles. The van der Waals surface area contributed by atoms with Crippen molar-refractivity contribution in [3.05, 3.63) is 33.8 Å². The predicted molar refractivity (Wildman–Crippen MR) is 84.2 cm³/mol. The van der Waals surface area contributed by atoms with Crippen LogP contribution in [0.4, 0.5) is 0 Å². The summed E-state index contributed by atoms with van der Waals surface area (Å²) < 4.78 is 0. The standard InChI is InChI=1S/C16H23Cl2N/c1-3-8-19-14-6-7-16(2,11-14)10-12-9-13(17)4-5-15(12)18/h4-5,9,14,19H,3,6-8,10-11H2,1-2H3. The van der Waals surface area contributed by atoms with Crippen LogP contribution in [0.25, 0.3) is 0 Å². The number of nitrogens with one attached hydrogen (secondary N) is 1. The second kappa shape index (κ2) is 6.47. The normalized spacial score (nSPS) is 26.8. The molecule has 1 nitrogen and oxygen atoms in total. The Balaban J connectivity index is 2.00. The van der Waals surface area contributed by atoms with Gasteiger partial charge in [-0.2, -0.15) is 0 Å². The van der Waals surface area contributed by atoms with Crippen LogP contribution in [0.1, 0.15) is 45.1 Å². The minimum atomic E-state index is 0.347. The van der Waals surface area contributed by atoms with Crippen molar-refractivity contribution in [2.45, 2.75) is 52.0 Å². The molecular weight excluding hydrogens is 277 g/mol. The van der Waals surface area contributed by atoms with Gasteiger partial charge in [-0.05, 0) is 67.8 Å². The molecule has 0 bridgehead atoms. The van der Waals surface area contributed by atoms with Gasteiger partial charge in [-0.3, -0.25) is 0 Å². The molecule has 0 heterocycles. The number of benzene rings is 1. The molecule has 3 heteroatoms. The highest BCUT2D eigenvalue weighted by Crippen LogP contribution is 2.42. The van der Waals surface area contributed by atoms with Crippen LogP contribution in [-0.2, 0) is 6.42 Å². The Kier molecular flexibility index (Phi) is 5.16. The van der Waals surface area contributed by atoms with Crippen LogP contribution in [0.3, 0.4) is 0 Å². The van der Waals surface area contributed by atoms with Crippen LogP contribution < -0.4 is 5.32 Å². The second-order valence-corrected chi connectivity index (χ2v) is 6.96. The topological polar surface area (TPSA) is 12.0 Å². The highest BCUT2D eigenvalue weighted by Gasteiger charge is 2.35. The van der Waals surface area contributed by atoms with Gasteiger partial charge < -0.3 is 5.32 Å². The van der Waals surface area contributed by atoms with Crippen LogP contribution >= 0.6 is 23.2 Å². The third kappa shape index (κ3) is 4.11. The van der Waals surface area contributed by atoms with Crippen molar-refractivity contribution in [3.8, 4) is 0 Å². The van der Waals surface area contributed by atoms with Gasteiger partial charge in [0, 0.05) is 16.1 Å². The Morgan fingerprint density at radius 2 is 2.16 bits per heavy atom. The Hall–Kier alpha value is -0.240. The van der Waals surface area contributed by atoms with Gasteiger partial charge in [0.25, 0.3) is 0 Å². The summed E-state index contributed by atoms with van der Waals surface area (Å²) in [6.07, 6.45) is 5.99. The average Bonchev–Trinajstić information content (AvgIpc) is 2.73. The van der Waals surface area contributed by atoms with E-state index in [0.29, 0.717) is 11.5 Å². The number of rotatable bonds is 5. The lowest BCUT2D eigenvalue weighted by Crippen LogP contribution is -2.29. The molecule has 1 N–H and O–H groups in total. The maximum absolute atomic E-state index is 6.28. The summed E-state index contributed by atoms with van der Waals surface area (Å²) in [6, 6.07) is 6.45. The lowest BCUT2D eigenvalue weighted by molar-refractivity contribution is 0.322. The van der Waals surface area contributed by atoms with Gasteiger partial charge in [-0.15, -0.1) is 0 Å². The fourth-order valence-corrected chi connectivity index (χ4v) is 3.52. The molecule has 2 unspecified atom stereocenters. The van der Waals surface area contributed by atoms with Crippen molar-refractivity contribution in [1.29, 1.82) is 0 Å². The van der Waals surface area contributed by atoms with E-state index in [1.54, 1.807) is 0 Å². The summed E-state index contributed by atoms with van der Waals surface area (Å²) in [5, 5.41) is 5.26. The zero-order valence-corrected chi connectivity index (χ0v) is 13.3. The minimum Gasteiger partial charge on any atom is -0.314 e. The van der Waals surface area contributed by atoms with Gasteiger partial charge in [0.2, 0.25) is 0 Å². The Labute approximate surface area is 126 Å². The first-order valence-electron chi connectivity index (χ1n) is 7.20. The van der Waals surface area contributed by atoms with Crippen molar-refractivity contribution >= 4 is 23.2 Å². The molecule has 0 saturated heterocycles. The maximum Gasteiger partial charge on any atom is 0.0439 e. The number of halogens is 2. The Morgan fingerprint density at radius 1 is 1.37 bits per heavy atom. The van der Waals surface area contributed by atoms with E-state index in [2.05, 4.69) is 19.2 Å². The van der Waals surface area contributed by atoms with Gasteiger partial charge >= 0.3 is 0 Å². The molecule has 0 aliphatic heterocycles. The average molecular weight is 300 g/mol. The highest BCUT2D eigenvalue weighted by atomic mass is 35.5. The van der Waals surface area contributed by atoms with Crippen LogP contribution in [0.5, 0.6) is 0 Å². The predicted octanol–water partition coefficient (Wildman–Crippen LogP) is 5.09. The van der Waals surface area contributed by atoms with Crippen molar-refractivity contribution in [3.63, 3.8) is 0 Å². The van der Waals surface area contributed by atoms with Gasteiger partial charge in [0.1, 0.15) is 0 Å². The lowest BCUT2D eigenvalue weighted by Gasteiger charge is -2.25. The molecule has 19 heavy (non-hydrogen) atoms. The first-order valence-corrected chi connectivity index (χ1v) is 7.95. The van der Waals surface area contributed by atoms with Crippen molar-refractivity contribution in [2.24, 2.45) is 5.41 Å². The molecule has 0 spiro atoms. The Morgan fingerprint density at radius 3 is 2.89 bits per heavy atom. The summed E-state index contributed by atoms with van der Waals surface area (Å²) in [5.74, 6) is 0. The number of hydrogen-bond acceptors (Lipinski definition) is 1. The number of hydrogen-bond donors (Lipinski definition) is 1. The highest BCUT2D eigenvalue weighted by molar-refractivity contribution is 6.33. The molecule has 1 aromatic rings. The molecule has 1 aliphatic carbocycles. The molecule has 2 atom stereocenters.